The number of aliphatic hydroxyl groups excluding tert-OH is 1. The molecule has 0 radical (unpaired) electrons. The minimum Gasteiger partial charge on any atom is -0.508 e. The average molecular weight is 457 g/mol. The van der Waals surface area contributed by atoms with Gasteiger partial charge in [0.1, 0.15) is 18.4 Å². The molecule has 9 heteroatoms. The molecule has 1 aliphatic rings. The van der Waals surface area contributed by atoms with Gasteiger partial charge in [-0.05, 0) is 47.7 Å². The van der Waals surface area contributed by atoms with Gasteiger partial charge in [0.05, 0.1) is 12.1 Å². The third-order valence-corrected chi connectivity index (χ3v) is 5.44. The smallest absolute Gasteiger partial charge is 0.408 e. The number of β-amino-alcohol motifs (C(OH)–C–C–N with tert-alkyl or cyclic N) is 1. The van der Waals surface area contributed by atoms with Crippen LogP contribution in [0.2, 0.25) is 0 Å². The highest BCUT2D eigenvalue weighted by atomic mass is 16.5. The summed E-state index contributed by atoms with van der Waals surface area (Å²) in [5.41, 5.74) is 1.72. The van der Waals surface area contributed by atoms with Crippen LogP contribution < -0.4 is 10.6 Å². The number of benzene rings is 1. The molecule has 178 valence electrons. The van der Waals surface area contributed by atoms with Crippen LogP contribution in [0, 0.1) is 5.92 Å². The van der Waals surface area contributed by atoms with E-state index in [4.69, 9.17) is 4.74 Å². The molecule has 4 N–H and O–H groups in total. The van der Waals surface area contributed by atoms with Crippen molar-refractivity contribution in [2.24, 2.45) is 5.92 Å². The fourth-order valence-electron chi connectivity index (χ4n) is 3.85. The predicted molar refractivity (Wildman–Crippen MR) is 122 cm³/mol. The van der Waals surface area contributed by atoms with Gasteiger partial charge in [0.2, 0.25) is 5.91 Å². The molecule has 2 amide bonds. The molecule has 0 saturated carbocycles. The molecule has 2 aromatic rings. The number of phenolic OH excluding ortho intramolecular Hbond substituents is 1. The molecule has 0 aliphatic carbocycles. The molecule has 0 bridgehead atoms. The summed E-state index contributed by atoms with van der Waals surface area (Å²) in [5.74, 6) is 0.000314. The van der Waals surface area contributed by atoms with Gasteiger partial charge in [0, 0.05) is 32.0 Å². The first-order valence-electron chi connectivity index (χ1n) is 11.1. The lowest BCUT2D eigenvalue weighted by Crippen LogP contribution is -2.53. The highest BCUT2D eigenvalue weighted by Crippen LogP contribution is 2.18. The second-order valence-corrected chi connectivity index (χ2v) is 8.80. The molecule has 33 heavy (non-hydrogen) atoms. The minimum absolute atomic E-state index is 0.0791. The zero-order valence-electron chi connectivity index (χ0n) is 19.0. The van der Waals surface area contributed by atoms with Crippen LogP contribution in [0.15, 0.2) is 48.8 Å². The number of nitrogens with one attached hydrogen (secondary N) is 2. The Hall–Kier alpha value is -3.17. The summed E-state index contributed by atoms with van der Waals surface area (Å²) in [7, 11) is 0. The SMILES string of the molecule is CC(C)C[C@H](NC(=O)OCc1ccncc1)C(=O)NC1CN(Cc2cccc(O)c2)CC1O. The first-order valence-corrected chi connectivity index (χ1v) is 11.1. The maximum atomic E-state index is 12.9. The number of hydrogen-bond donors (Lipinski definition) is 4. The van der Waals surface area contributed by atoms with Gasteiger partial charge in [-0.25, -0.2) is 4.79 Å². The lowest BCUT2D eigenvalue weighted by Gasteiger charge is -2.23. The van der Waals surface area contributed by atoms with E-state index < -0.39 is 24.3 Å². The number of pyridine rings is 1. The van der Waals surface area contributed by atoms with Crippen molar-refractivity contribution in [1.29, 1.82) is 0 Å². The average Bonchev–Trinajstić information content (AvgIpc) is 3.10. The van der Waals surface area contributed by atoms with Crippen LogP contribution in [0.3, 0.4) is 0 Å². The van der Waals surface area contributed by atoms with Gasteiger partial charge in [0.15, 0.2) is 0 Å². The van der Waals surface area contributed by atoms with E-state index in [0.29, 0.717) is 26.1 Å². The van der Waals surface area contributed by atoms with Gasteiger partial charge in [-0.2, -0.15) is 0 Å². The normalized spacial score (nSPS) is 19.3. The first kappa shape index (κ1) is 24.5. The molecule has 1 fully saturated rings. The van der Waals surface area contributed by atoms with Gasteiger partial charge in [-0.1, -0.05) is 26.0 Å². The van der Waals surface area contributed by atoms with Crippen molar-refractivity contribution in [2.75, 3.05) is 13.1 Å². The summed E-state index contributed by atoms with van der Waals surface area (Å²) < 4.78 is 5.24. The summed E-state index contributed by atoms with van der Waals surface area (Å²) in [6, 6.07) is 9.21. The minimum atomic E-state index is -0.776. The largest absolute Gasteiger partial charge is 0.508 e. The number of aromatic hydroxyl groups is 1. The molecular weight excluding hydrogens is 424 g/mol. The van der Waals surface area contributed by atoms with Gasteiger partial charge in [-0.3, -0.25) is 14.7 Å². The third kappa shape index (κ3) is 7.73. The number of aromatic nitrogens is 1. The second kappa shape index (κ2) is 11.6. The van der Waals surface area contributed by atoms with E-state index in [1.807, 2.05) is 24.8 Å². The predicted octanol–water partition coefficient (Wildman–Crippen LogP) is 1.79. The van der Waals surface area contributed by atoms with Crippen LogP contribution in [0.25, 0.3) is 0 Å². The van der Waals surface area contributed by atoms with Crippen molar-refractivity contribution in [1.82, 2.24) is 20.5 Å². The van der Waals surface area contributed by atoms with Crippen LogP contribution >= 0.6 is 0 Å². The van der Waals surface area contributed by atoms with E-state index in [0.717, 1.165) is 11.1 Å². The van der Waals surface area contributed by atoms with Gasteiger partial charge in [0.25, 0.3) is 0 Å². The lowest BCUT2D eigenvalue weighted by atomic mass is 10.0. The molecule has 1 aliphatic heterocycles. The number of alkyl carbamates (subject to hydrolysis) is 1. The number of ether oxygens (including phenoxy) is 1. The maximum absolute atomic E-state index is 12.9. The molecule has 1 aromatic heterocycles. The van der Waals surface area contributed by atoms with Crippen molar-refractivity contribution in [3.63, 3.8) is 0 Å². The molecule has 3 rings (SSSR count). The molecule has 2 unspecified atom stereocenters. The van der Waals surface area contributed by atoms with Crippen LogP contribution in [-0.2, 0) is 22.7 Å². The van der Waals surface area contributed by atoms with E-state index in [1.165, 1.54) is 0 Å². The molecule has 1 saturated heterocycles. The highest BCUT2D eigenvalue weighted by molar-refractivity contribution is 5.85. The topological polar surface area (TPSA) is 124 Å². The quantitative estimate of drug-likeness (QED) is 0.453. The summed E-state index contributed by atoms with van der Waals surface area (Å²) in [6.45, 7) is 5.42. The van der Waals surface area contributed by atoms with Crippen LogP contribution in [0.4, 0.5) is 4.79 Å². The molecule has 9 nitrogen and oxygen atoms in total. The Morgan fingerprint density at radius 1 is 1.18 bits per heavy atom. The number of nitrogens with zero attached hydrogens (tertiary/aromatic N) is 2. The van der Waals surface area contributed by atoms with Crippen molar-refractivity contribution < 1.29 is 24.5 Å². The van der Waals surface area contributed by atoms with Gasteiger partial charge in [-0.15, -0.1) is 0 Å². The number of phenols is 1. The third-order valence-electron chi connectivity index (χ3n) is 5.44. The summed E-state index contributed by atoms with van der Waals surface area (Å²) >= 11 is 0. The van der Waals surface area contributed by atoms with E-state index in [2.05, 4.69) is 15.6 Å². The molecular formula is C24H32N4O5. The number of aliphatic hydroxyl groups is 1. The summed E-state index contributed by atoms with van der Waals surface area (Å²) in [5, 5.41) is 25.7. The fraction of sp³-hybridized carbons (Fsp3) is 0.458. The van der Waals surface area contributed by atoms with Gasteiger partial charge >= 0.3 is 6.09 Å². The molecule has 3 atom stereocenters. The van der Waals surface area contributed by atoms with Crippen molar-refractivity contribution in [2.45, 2.75) is 51.6 Å². The Morgan fingerprint density at radius 3 is 2.64 bits per heavy atom. The summed E-state index contributed by atoms with van der Waals surface area (Å²) in [4.78, 5) is 31.2. The zero-order chi connectivity index (χ0) is 23.8. The van der Waals surface area contributed by atoms with Gasteiger partial charge < -0.3 is 25.6 Å². The van der Waals surface area contributed by atoms with Crippen LogP contribution in [-0.4, -0.2) is 63.4 Å². The van der Waals surface area contributed by atoms with Crippen molar-refractivity contribution in [3.05, 3.63) is 59.9 Å². The number of likely N-dealkylation sites (tertiary alicyclic amines) is 1. The number of hydrogen-bond acceptors (Lipinski definition) is 7. The Labute approximate surface area is 193 Å². The summed E-state index contributed by atoms with van der Waals surface area (Å²) in [6.07, 6.45) is 2.26. The van der Waals surface area contributed by atoms with Crippen molar-refractivity contribution >= 4 is 12.0 Å². The van der Waals surface area contributed by atoms with E-state index >= 15 is 0 Å². The monoisotopic (exact) mass is 456 g/mol. The Morgan fingerprint density at radius 2 is 1.94 bits per heavy atom. The van der Waals surface area contributed by atoms with Crippen LogP contribution in [0.5, 0.6) is 5.75 Å². The first-order chi connectivity index (χ1) is 15.8. The molecule has 0 spiro atoms. The molecule has 1 aromatic carbocycles. The standard InChI is InChI=1S/C24H32N4O5/c1-16(2)10-20(27-24(32)33-15-17-6-8-25-9-7-17)23(31)26-21-13-28(14-22(21)30)12-18-4-3-5-19(29)11-18/h3-9,11,16,20-22,29-30H,10,12-15H2,1-2H3,(H,26,31)(H,27,32)/t20-,21?,22?/m0/s1. The zero-order valence-corrected chi connectivity index (χ0v) is 19.0. The number of rotatable bonds is 9. The Bertz CT molecular complexity index is 924. The lowest BCUT2D eigenvalue weighted by molar-refractivity contribution is -0.124. The number of carbonyl (C=O) groups is 2. The van der Waals surface area contributed by atoms with Crippen LogP contribution in [0.1, 0.15) is 31.4 Å². The number of amides is 2. The van der Waals surface area contributed by atoms with E-state index in [1.54, 1.807) is 42.7 Å². The second-order valence-electron chi connectivity index (χ2n) is 8.80. The highest BCUT2D eigenvalue weighted by Gasteiger charge is 2.34. The number of carbonyl (C=O) groups excluding carboxylic acids is 2. The Kier molecular flexibility index (Phi) is 8.62. The molecule has 2 heterocycles. The van der Waals surface area contributed by atoms with E-state index in [9.17, 15) is 19.8 Å². The fourth-order valence-corrected chi connectivity index (χ4v) is 3.85. The Balaban J connectivity index is 1.53. The van der Waals surface area contributed by atoms with Crippen molar-refractivity contribution in [3.8, 4) is 5.75 Å². The maximum Gasteiger partial charge on any atom is 0.408 e. The van der Waals surface area contributed by atoms with E-state index in [-0.39, 0.29) is 24.2 Å².